The zero-order chi connectivity index (χ0) is 21.2. The molecular weight excluding hydrogens is 380 g/mol. The monoisotopic (exact) mass is 412 g/mol. The molecule has 162 valence electrons. The Kier molecular flexibility index (Phi) is 8.68. The average Bonchev–Trinajstić information content (AvgIpc) is 2.78. The van der Waals surface area contributed by atoms with Crippen LogP contribution in [0.1, 0.15) is 11.1 Å². The number of ether oxygens (including phenoxy) is 3. The van der Waals surface area contributed by atoms with Crippen LogP contribution in [0.25, 0.3) is 0 Å². The number of amides is 1. The first-order valence-corrected chi connectivity index (χ1v) is 10.5. The molecule has 0 aliphatic carbocycles. The molecule has 1 heterocycles. The van der Waals surface area contributed by atoms with Gasteiger partial charge in [-0.2, -0.15) is 0 Å². The fourth-order valence-electron chi connectivity index (χ4n) is 3.67. The Balaban J connectivity index is 1.56. The number of hydrogen-bond acceptors (Lipinski definition) is 5. The van der Waals surface area contributed by atoms with Crippen LogP contribution in [0.4, 0.5) is 0 Å². The van der Waals surface area contributed by atoms with E-state index in [4.69, 9.17) is 14.2 Å². The highest BCUT2D eigenvalue weighted by Gasteiger charge is 2.25. The molecule has 1 amide bonds. The Morgan fingerprint density at radius 2 is 1.87 bits per heavy atom. The minimum Gasteiger partial charge on any atom is -0.497 e. The average molecular weight is 413 g/mol. The third-order valence-corrected chi connectivity index (χ3v) is 5.33. The normalized spacial score (nSPS) is 16.9. The summed E-state index contributed by atoms with van der Waals surface area (Å²) in [4.78, 5) is 17.2. The van der Waals surface area contributed by atoms with Crippen molar-refractivity contribution in [1.29, 1.82) is 0 Å². The number of nitrogens with zero attached hydrogens (tertiary/aromatic N) is 2. The summed E-state index contributed by atoms with van der Waals surface area (Å²) in [5.41, 5.74) is 2.27. The summed E-state index contributed by atoms with van der Waals surface area (Å²) in [7, 11) is 3.34. The summed E-state index contributed by atoms with van der Waals surface area (Å²) >= 11 is 0. The maximum atomic E-state index is 12.9. The number of benzene rings is 2. The fraction of sp³-hybridized carbons (Fsp3) is 0.458. The highest BCUT2D eigenvalue weighted by molar-refractivity contribution is 5.78. The highest BCUT2D eigenvalue weighted by Crippen LogP contribution is 2.16. The lowest BCUT2D eigenvalue weighted by Gasteiger charge is -2.36. The van der Waals surface area contributed by atoms with Gasteiger partial charge in [0.15, 0.2) is 0 Å². The third-order valence-electron chi connectivity index (χ3n) is 5.33. The summed E-state index contributed by atoms with van der Waals surface area (Å²) in [5.74, 6) is 0.971. The van der Waals surface area contributed by atoms with E-state index in [9.17, 15) is 4.79 Å². The van der Waals surface area contributed by atoms with Gasteiger partial charge in [0.1, 0.15) is 5.75 Å². The first kappa shape index (κ1) is 22.3. The summed E-state index contributed by atoms with van der Waals surface area (Å²) in [5, 5.41) is 0. The van der Waals surface area contributed by atoms with Crippen molar-refractivity contribution >= 4 is 5.91 Å². The van der Waals surface area contributed by atoms with Gasteiger partial charge in [-0.15, -0.1) is 0 Å². The lowest BCUT2D eigenvalue weighted by Crippen LogP contribution is -2.49. The van der Waals surface area contributed by atoms with E-state index in [1.165, 1.54) is 5.56 Å². The number of hydrogen-bond donors (Lipinski definition) is 0. The fourth-order valence-corrected chi connectivity index (χ4v) is 3.67. The Morgan fingerprint density at radius 3 is 2.57 bits per heavy atom. The second-order valence-electron chi connectivity index (χ2n) is 7.57. The van der Waals surface area contributed by atoms with Crippen LogP contribution >= 0.6 is 0 Å². The van der Waals surface area contributed by atoms with Crippen LogP contribution in [0, 0.1) is 0 Å². The van der Waals surface area contributed by atoms with Crippen LogP contribution in [0.2, 0.25) is 0 Å². The molecule has 0 bridgehead atoms. The Hall–Kier alpha value is -2.41. The number of carbonyl (C=O) groups excluding carboxylic acids is 1. The lowest BCUT2D eigenvalue weighted by atomic mass is 10.1. The highest BCUT2D eigenvalue weighted by atomic mass is 16.5. The maximum Gasteiger partial charge on any atom is 0.227 e. The molecule has 0 radical (unpaired) electrons. The van der Waals surface area contributed by atoms with E-state index >= 15 is 0 Å². The third kappa shape index (κ3) is 6.83. The number of rotatable bonds is 10. The Bertz CT molecular complexity index is 767. The van der Waals surface area contributed by atoms with Crippen LogP contribution in [0.5, 0.6) is 5.75 Å². The molecule has 6 heteroatoms. The van der Waals surface area contributed by atoms with E-state index in [2.05, 4.69) is 17.0 Å². The lowest BCUT2D eigenvalue weighted by molar-refractivity contribution is -0.134. The molecule has 2 aromatic carbocycles. The van der Waals surface area contributed by atoms with Gasteiger partial charge < -0.3 is 19.1 Å². The van der Waals surface area contributed by atoms with Gasteiger partial charge in [-0.25, -0.2) is 0 Å². The van der Waals surface area contributed by atoms with E-state index in [1.54, 1.807) is 14.2 Å². The van der Waals surface area contributed by atoms with Crippen LogP contribution < -0.4 is 4.74 Å². The van der Waals surface area contributed by atoms with Crippen molar-refractivity contribution in [3.05, 3.63) is 65.7 Å². The van der Waals surface area contributed by atoms with Gasteiger partial charge in [0.25, 0.3) is 0 Å². The van der Waals surface area contributed by atoms with Gasteiger partial charge in [0, 0.05) is 39.8 Å². The number of methoxy groups -OCH3 is 2. The Labute approximate surface area is 179 Å². The van der Waals surface area contributed by atoms with Crippen LogP contribution in [-0.4, -0.2) is 75.4 Å². The van der Waals surface area contributed by atoms with Gasteiger partial charge in [0.2, 0.25) is 5.91 Å². The summed E-state index contributed by atoms with van der Waals surface area (Å²) in [6.07, 6.45) is 0.390. The summed E-state index contributed by atoms with van der Waals surface area (Å²) in [6, 6.07) is 18.0. The minimum atomic E-state index is -0.00595. The minimum absolute atomic E-state index is 0.00595. The molecule has 1 fully saturated rings. The van der Waals surface area contributed by atoms with Gasteiger partial charge in [-0.3, -0.25) is 9.69 Å². The van der Waals surface area contributed by atoms with Crippen molar-refractivity contribution < 1.29 is 19.0 Å². The molecular formula is C24H32N2O4. The largest absolute Gasteiger partial charge is 0.497 e. The smallest absolute Gasteiger partial charge is 0.227 e. The van der Waals surface area contributed by atoms with Crippen molar-refractivity contribution in [2.24, 2.45) is 0 Å². The molecule has 0 aromatic heterocycles. The zero-order valence-corrected chi connectivity index (χ0v) is 18.0. The molecule has 6 nitrogen and oxygen atoms in total. The Morgan fingerprint density at radius 1 is 1.10 bits per heavy atom. The molecule has 1 aliphatic rings. The predicted octanol–water partition coefficient (Wildman–Crippen LogP) is 2.61. The van der Waals surface area contributed by atoms with Crippen molar-refractivity contribution in [2.45, 2.75) is 19.1 Å². The standard InChI is InChI=1S/C24H32N2O4/c1-28-14-13-26(24(27)16-20-6-4-3-5-7-20)19-23-18-25(12-15-30-23)17-21-8-10-22(29-2)11-9-21/h3-11,23H,12-19H2,1-2H3. The first-order valence-electron chi connectivity index (χ1n) is 10.5. The number of carbonyl (C=O) groups is 1. The van der Waals surface area contributed by atoms with Crippen molar-refractivity contribution in [3.63, 3.8) is 0 Å². The zero-order valence-electron chi connectivity index (χ0n) is 18.0. The van der Waals surface area contributed by atoms with Gasteiger partial charge in [-0.05, 0) is 23.3 Å². The predicted molar refractivity (Wildman–Crippen MR) is 117 cm³/mol. The molecule has 0 N–H and O–H groups in total. The van der Waals surface area contributed by atoms with Crippen LogP contribution in [-0.2, 0) is 27.2 Å². The quantitative estimate of drug-likeness (QED) is 0.601. The number of morpholine rings is 1. The molecule has 1 atom stereocenters. The SMILES string of the molecule is COCCN(CC1CN(Cc2ccc(OC)cc2)CCO1)C(=O)Cc1ccccc1. The van der Waals surface area contributed by atoms with E-state index in [0.717, 1.165) is 30.9 Å². The molecule has 1 saturated heterocycles. The second-order valence-corrected chi connectivity index (χ2v) is 7.57. The first-order chi connectivity index (χ1) is 14.7. The molecule has 30 heavy (non-hydrogen) atoms. The molecule has 2 aromatic rings. The summed E-state index contributed by atoms with van der Waals surface area (Å²) < 4.78 is 16.5. The van der Waals surface area contributed by atoms with Crippen molar-refractivity contribution in [2.75, 3.05) is 53.6 Å². The molecule has 0 saturated carbocycles. The maximum absolute atomic E-state index is 12.9. The van der Waals surface area contributed by atoms with Gasteiger partial charge in [0.05, 0.1) is 32.8 Å². The van der Waals surface area contributed by atoms with E-state index in [-0.39, 0.29) is 12.0 Å². The van der Waals surface area contributed by atoms with E-state index < -0.39 is 0 Å². The molecule has 1 unspecified atom stereocenters. The van der Waals surface area contributed by atoms with Gasteiger partial charge in [-0.1, -0.05) is 42.5 Å². The summed E-state index contributed by atoms with van der Waals surface area (Å²) in [6.45, 7) is 4.88. The van der Waals surface area contributed by atoms with Crippen molar-refractivity contribution in [1.82, 2.24) is 9.80 Å². The molecule has 0 spiro atoms. The molecule has 1 aliphatic heterocycles. The van der Waals surface area contributed by atoms with Gasteiger partial charge >= 0.3 is 0 Å². The molecule has 3 rings (SSSR count). The van der Waals surface area contributed by atoms with E-state index in [1.807, 2.05) is 47.4 Å². The van der Waals surface area contributed by atoms with Crippen LogP contribution in [0.3, 0.4) is 0 Å². The van der Waals surface area contributed by atoms with Crippen molar-refractivity contribution in [3.8, 4) is 5.75 Å². The topological polar surface area (TPSA) is 51.2 Å². The van der Waals surface area contributed by atoms with E-state index in [0.29, 0.717) is 32.7 Å². The van der Waals surface area contributed by atoms with Crippen LogP contribution in [0.15, 0.2) is 54.6 Å². The second kappa shape index (κ2) is 11.7.